The molecule has 7 heteroatoms. The summed E-state index contributed by atoms with van der Waals surface area (Å²) >= 11 is 0. The molecule has 0 aliphatic carbocycles. The van der Waals surface area contributed by atoms with Gasteiger partial charge in [-0.05, 0) is 51.9 Å². The predicted octanol–water partition coefficient (Wildman–Crippen LogP) is 1.86. The quantitative estimate of drug-likeness (QED) is 0.857. The summed E-state index contributed by atoms with van der Waals surface area (Å²) in [6.45, 7) is 5.63. The van der Waals surface area contributed by atoms with Crippen molar-refractivity contribution in [1.29, 1.82) is 0 Å². The Bertz CT molecular complexity index is 644. The standard InChI is InChI=1S/C18H26N4O2.ClH/c1-13(2)21(3)16(23)12-22-15-7-5-4-6-14(15)20-18(17(22)24)8-10-19-11-9-18;/h4-7,13,19-20H,8-12H2,1-3H3;1H. The number of nitrogens with one attached hydrogen (secondary N) is 2. The second-order valence-corrected chi connectivity index (χ2v) is 6.96. The number of para-hydroxylation sites is 2. The molecule has 2 aliphatic rings. The van der Waals surface area contributed by atoms with Gasteiger partial charge in [-0.15, -0.1) is 12.4 Å². The van der Waals surface area contributed by atoms with Gasteiger partial charge >= 0.3 is 0 Å². The molecule has 2 aliphatic heterocycles. The zero-order chi connectivity index (χ0) is 17.3. The number of piperidine rings is 1. The maximum atomic E-state index is 13.3. The van der Waals surface area contributed by atoms with Gasteiger partial charge in [0.1, 0.15) is 12.1 Å². The third kappa shape index (κ3) is 3.60. The molecule has 2 amide bonds. The Balaban J connectivity index is 0.00000225. The third-order valence-electron chi connectivity index (χ3n) is 5.14. The molecular formula is C18H27ClN4O2. The Morgan fingerprint density at radius 3 is 2.56 bits per heavy atom. The Hall–Kier alpha value is -1.79. The SMILES string of the molecule is CC(C)N(C)C(=O)CN1C(=O)C2(CCNCC2)Nc2ccccc21.Cl. The van der Waals surface area contributed by atoms with Crippen LogP contribution in [0, 0.1) is 0 Å². The molecule has 3 rings (SSSR count). The number of hydrogen-bond acceptors (Lipinski definition) is 4. The van der Waals surface area contributed by atoms with Gasteiger partial charge in [0.05, 0.1) is 11.4 Å². The first-order valence-corrected chi connectivity index (χ1v) is 8.60. The Labute approximate surface area is 155 Å². The number of nitrogens with zero attached hydrogens (tertiary/aromatic N) is 2. The van der Waals surface area contributed by atoms with E-state index >= 15 is 0 Å². The van der Waals surface area contributed by atoms with Crippen LogP contribution in [0.5, 0.6) is 0 Å². The normalized spacial score (nSPS) is 18.4. The summed E-state index contributed by atoms with van der Waals surface area (Å²) in [5.41, 5.74) is 1.12. The summed E-state index contributed by atoms with van der Waals surface area (Å²) in [7, 11) is 1.78. The summed E-state index contributed by atoms with van der Waals surface area (Å²) in [4.78, 5) is 29.2. The van der Waals surface area contributed by atoms with Crippen molar-refractivity contribution in [3.63, 3.8) is 0 Å². The van der Waals surface area contributed by atoms with Gasteiger partial charge in [0.15, 0.2) is 0 Å². The van der Waals surface area contributed by atoms with E-state index in [-0.39, 0.29) is 36.8 Å². The smallest absolute Gasteiger partial charge is 0.253 e. The summed E-state index contributed by atoms with van der Waals surface area (Å²) < 4.78 is 0. The molecule has 2 N–H and O–H groups in total. The highest BCUT2D eigenvalue weighted by atomic mass is 35.5. The lowest BCUT2D eigenvalue weighted by Crippen LogP contribution is -2.62. The topological polar surface area (TPSA) is 64.7 Å². The number of hydrogen-bond donors (Lipinski definition) is 2. The molecule has 0 unspecified atom stereocenters. The van der Waals surface area contributed by atoms with E-state index in [0.717, 1.165) is 37.3 Å². The molecule has 6 nitrogen and oxygen atoms in total. The maximum Gasteiger partial charge on any atom is 0.253 e. The van der Waals surface area contributed by atoms with E-state index < -0.39 is 5.54 Å². The van der Waals surface area contributed by atoms with Crippen LogP contribution < -0.4 is 15.5 Å². The summed E-state index contributed by atoms with van der Waals surface area (Å²) in [5.74, 6) is -0.0349. The van der Waals surface area contributed by atoms with Crippen LogP contribution in [0.15, 0.2) is 24.3 Å². The molecule has 1 aromatic carbocycles. The first kappa shape index (κ1) is 19.5. The number of carbonyl (C=O) groups excluding carboxylic acids is 2. The largest absolute Gasteiger partial charge is 0.369 e. The molecule has 0 saturated carbocycles. The van der Waals surface area contributed by atoms with Crippen molar-refractivity contribution < 1.29 is 9.59 Å². The molecule has 1 fully saturated rings. The van der Waals surface area contributed by atoms with Crippen LogP contribution >= 0.6 is 12.4 Å². The second-order valence-electron chi connectivity index (χ2n) is 6.96. The summed E-state index contributed by atoms with van der Waals surface area (Å²) in [6, 6.07) is 7.85. The summed E-state index contributed by atoms with van der Waals surface area (Å²) in [5, 5.41) is 6.76. The average Bonchev–Trinajstić information content (AvgIpc) is 2.59. The van der Waals surface area contributed by atoms with Crippen molar-refractivity contribution >= 4 is 35.6 Å². The van der Waals surface area contributed by atoms with Crippen LogP contribution in [0.2, 0.25) is 0 Å². The van der Waals surface area contributed by atoms with Crippen LogP contribution in [-0.2, 0) is 9.59 Å². The van der Waals surface area contributed by atoms with E-state index in [1.807, 2.05) is 38.1 Å². The predicted molar refractivity (Wildman–Crippen MR) is 102 cm³/mol. The van der Waals surface area contributed by atoms with Gasteiger partial charge in [-0.3, -0.25) is 14.5 Å². The van der Waals surface area contributed by atoms with E-state index in [4.69, 9.17) is 0 Å². The van der Waals surface area contributed by atoms with Gasteiger partial charge < -0.3 is 15.5 Å². The lowest BCUT2D eigenvalue weighted by atomic mass is 9.84. The van der Waals surface area contributed by atoms with Crippen LogP contribution in [-0.4, -0.2) is 55.0 Å². The van der Waals surface area contributed by atoms with Crippen molar-refractivity contribution in [2.75, 3.05) is 36.9 Å². The molecule has 1 spiro atoms. The van der Waals surface area contributed by atoms with E-state index in [0.29, 0.717) is 0 Å². The van der Waals surface area contributed by atoms with Crippen molar-refractivity contribution in [3.8, 4) is 0 Å². The van der Waals surface area contributed by atoms with Crippen LogP contribution in [0.25, 0.3) is 0 Å². The monoisotopic (exact) mass is 366 g/mol. The van der Waals surface area contributed by atoms with Crippen LogP contribution in [0.1, 0.15) is 26.7 Å². The highest BCUT2D eigenvalue weighted by Crippen LogP contribution is 2.38. The number of halogens is 1. The fraction of sp³-hybridized carbons (Fsp3) is 0.556. The zero-order valence-corrected chi connectivity index (χ0v) is 15.9. The van der Waals surface area contributed by atoms with Crippen molar-refractivity contribution in [1.82, 2.24) is 10.2 Å². The van der Waals surface area contributed by atoms with Gasteiger partial charge in [-0.1, -0.05) is 12.1 Å². The zero-order valence-electron chi connectivity index (χ0n) is 15.0. The number of carbonyl (C=O) groups is 2. The Morgan fingerprint density at radius 2 is 1.92 bits per heavy atom. The van der Waals surface area contributed by atoms with E-state index in [1.165, 1.54) is 0 Å². The number of amides is 2. The van der Waals surface area contributed by atoms with Crippen molar-refractivity contribution in [3.05, 3.63) is 24.3 Å². The number of likely N-dealkylation sites (N-methyl/N-ethyl adjacent to an activating group) is 1. The summed E-state index contributed by atoms with van der Waals surface area (Å²) in [6.07, 6.45) is 1.45. The number of anilines is 2. The lowest BCUT2D eigenvalue weighted by molar-refractivity contribution is -0.132. The number of fused-ring (bicyclic) bond motifs is 1. The first-order chi connectivity index (χ1) is 11.4. The second kappa shape index (κ2) is 7.62. The maximum absolute atomic E-state index is 13.3. The van der Waals surface area contributed by atoms with Crippen molar-refractivity contribution in [2.24, 2.45) is 0 Å². The van der Waals surface area contributed by atoms with Gasteiger partial charge in [0.2, 0.25) is 5.91 Å². The highest BCUT2D eigenvalue weighted by Gasteiger charge is 2.46. The molecule has 2 heterocycles. The Kier molecular flexibility index (Phi) is 5.95. The van der Waals surface area contributed by atoms with Gasteiger partial charge in [0.25, 0.3) is 5.91 Å². The molecule has 1 aromatic rings. The van der Waals surface area contributed by atoms with Crippen LogP contribution in [0.3, 0.4) is 0 Å². The molecule has 0 radical (unpaired) electrons. The van der Waals surface area contributed by atoms with E-state index in [1.54, 1.807) is 16.8 Å². The first-order valence-electron chi connectivity index (χ1n) is 8.60. The molecule has 0 aromatic heterocycles. The molecule has 138 valence electrons. The van der Waals surface area contributed by atoms with Crippen molar-refractivity contribution in [2.45, 2.75) is 38.3 Å². The lowest BCUT2D eigenvalue weighted by Gasteiger charge is -2.46. The van der Waals surface area contributed by atoms with Gasteiger partial charge in [-0.25, -0.2) is 0 Å². The number of benzene rings is 1. The van der Waals surface area contributed by atoms with E-state index in [9.17, 15) is 9.59 Å². The van der Waals surface area contributed by atoms with Crippen LogP contribution in [0.4, 0.5) is 11.4 Å². The van der Waals surface area contributed by atoms with Gasteiger partial charge in [0, 0.05) is 13.1 Å². The minimum atomic E-state index is -0.601. The van der Waals surface area contributed by atoms with Gasteiger partial charge in [-0.2, -0.15) is 0 Å². The molecule has 0 atom stereocenters. The Morgan fingerprint density at radius 1 is 1.28 bits per heavy atom. The molecule has 0 bridgehead atoms. The van der Waals surface area contributed by atoms with E-state index in [2.05, 4.69) is 10.6 Å². The number of rotatable bonds is 3. The minimum absolute atomic E-state index is 0. The molecular weight excluding hydrogens is 340 g/mol. The third-order valence-corrected chi connectivity index (χ3v) is 5.14. The minimum Gasteiger partial charge on any atom is -0.369 e. The fourth-order valence-electron chi connectivity index (χ4n) is 3.38. The fourth-order valence-corrected chi connectivity index (χ4v) is 3.38. The highest BCUT2D eigenvalue weighted by molar-refractivity contribution is 6.10. The average molecular weight is 367 g/mol. The molecule has 25 heavy (non-hydrogen) atoms. The molecule has 1 saturated heterocycles.